The Morgan fingerprint density at radius 3 is 2.44 bits per heavy atom. The lowest BCUT2D eigenvalue weighted by molar-refractivity contribution is -0.136. The molecular weight excluding hydrogens is 442 g/mol. The molecule has 0 aliphatic rings. The van der Waals surface area contributed by atoms with Crippen LogP contribution in [0.15, 0.2) is 85.1 Å². The minimum atomic E-state index is -0.828. The van der Waals surface area contributed by atoms with Gasteiger partial charge in [-0.3, -0.25) is 4.79 Å². The van der Waals surface area contributed by atoms with Crippen molar-refractivity contribution in [2.45, 2.75) is 19.8 Å². The van der Waals surface area contributed by atoms with Gasteiger partial charge in [0.05, 0.1) is 21.6 Å². The van der Waals surface area contributed by atoms with Crippen molar-refractivity contribution in [3.8, 4) is 16.9 Å². The number of allylic oxidation sites excluding steroid dienone is 1. The molecule has 0 radical (unpaired) electrons. The van der Waals surface area contributed by atoms with Crippen molar-refractivity contribution in [1.29, 1.82) is 0 Å². The zero-order chi connectivity index (χ0) is 23.5. The molecule has 2 heterocycles. The van der Waals surface area contributed by atoms with Crippen LogP contribution < -0.4 is 0 Å². The van der Waals surface area contributed by atoms with E-state index in [9.17, 15) is 9.90 Å². The third kappa shape index (κ3) is 4.67. The van der Waals surface area contributed by atoms with E-state index in [4.69, 9.17) is 10.1 Å². The van der Waals surface area contributed by atoms with Crippen molar-refractivity contribution < 1.29 is 9.90 Å². The second-order valence-corrected chi connectivity index (χ2v) is 9.16. The molecule has 0 bridgehead atoms. The highest BCUT2D eigenvalue weighted by atomic mass is 32.1. The van der Waals surface area contributed by atoms with Crippen LogP contribution in [0.5, 0.6) is 0 Å². The first-order chi connectivity index (χ1) is 16.6. The molecule has 0 unspecified atom stereocenters. The maximum Gasteiger partial charge on any atom is 0.303 e. The fourth-order valence-electron chi connectivity index (χ4n) is 3.82. The number of thiazole rings is 1. The SMILES string of the molecule is Cc1ccc(-c2nn(-c3ccccc3)cc2/C=C(/CCC(=O)O)c2nc3ccccc3s2)cc1. The molecule has 5 rings (SSSR count). The third-order valence-corrected chi connectivity index (χ3v) is 6.71. The molecule has 168 valence electrons. The average Bonchev–Trinajstić information content (AvgIpc) is 3.47. The summed E-state index contributed by atoms with van der Waals surface area (Å²) in [5.41, 5.74) is 6.73. The van der Waals surface area contributed by atoms with E-state index < -0.39 is 5.97 Å². The minimum absolute atomic E-state index is 0.0362. The number of aliphatic carboxylic acids is 1. The standard InChI is InChI=1S/C28H23N3O2S/c1-19-11-13-20(14-12-19)27-22(18-31(30-27)23-7-3-2-4-8-23)17-21(15-16-26(32)33)28-29-24-9-5-6-10-25(24)34-28/h2-14,17-18H,15-16H2,1H3,(H,32,33)/b21-17-. The van der Waals surface area contributed by atoms with Crippen molar-refractivity contribution >= 4 is 39.2 Å². The number of carboxylic acids is 1. The van der Waals surface area contributed by atoms with Crippen LogP contribution >= 0.6 is 11.3 Å². The summed E-state index contributed by atoms with van der Waals surface area (Å²) in [6, 6.07) is 26.2. The Hall–Kier alpha value is -4.03. The largest absolute Gasteiger partial charge is 0.481 e. The molecule has 34 heavy (non-hydrogen) atoms. The van der Waals surface area contributed by atoms with Crippen molar-refractivity contribution in [2.24, 2.45) is 0 Å². The Bertz CT molecular complexity index is 1450. The summed E-state index contributed by atoms with van der Waals surface area (Å²) < 4.78 is 2.95. The van der Waals surface area contributed by atoms with Gasteiger partial charge in [-0.15, -0.1) is 11.3 Å². The van der Waals surface area contributed by atoms with Gasteiger partial charge in [-0.1, -0.05) is 60.2 Å². The highest BCUT2D eigenvalue weighted by molar-refractivity contribution is 7.19. The summed E-state index contributed by atoms with van der Waals surface area (Å²) in [7, 11) is 0. The van der Waals surface area contributed by atoms with Gasteiger partial charge in [-0.25, -0.2) is 9.67 Å². The Kier molecular flexibility index (Phi) is 6.06. The topological polar surface area (TPSA) is 68.0 Å². The molecule has 1 N–H and O–H groups in total. The predicted octanol–water partition coefficient (Wildman–Crippen LogP) is 6.86. The lowest BCUT2D eigenvalue weighted by Gasteiger charge is -2.04. The molecule has 0 aliphatic heterocycles. The van der Waals surface area contributed by atoms with Gasteiger partial charge in [0.2, 0.25) is 0 Å². The maximum atomic E-state index is 11.4. The average molecular weight is 466 g/mol. The van der Waals surface area contributed by atoms with Gasteiger partial charge in [0, 0.05) is 23.7 Å². The van der Waals surface area contributed by atoms with Crippen molar-refractivity contribution in [3.05, 3.63) is 101 Å². The lowest BCUT2D eigenvalue weighted by atomic mass is 10.0. The van der Waals surface area contributed by atoms with E-state index in [1.807, 2.05) is 71.6 Å². The number of nitrogens with zero attached hydrogens (tertiary/aromatic N) is 3. The minimum Gasteiger partial charge on any atom is -0.481 e. The summed E-state index contributed by atoms with van der Waals surface area (Å²) in [4.78, 5) is 16.2. The molecule has 0 spiro atoms. The van der Waals surface area contributed by atoms with Crippen LogP contribution in [0.3, 0.4) is 0 Å². The number of carbonyl (C=O) groups is 1. The van der Waals surface area contributed by atoms with Crippen LogP contribution in [-0.4, -0.2) is 25.8 Å². The number of aryl methyl sites for hydroxylation is 1. The number of hydrogen-bond donors (Lipinski definition) is 1. The highest BCUT2D eigenvalue weighted by Gasteiger charge is 2.15. The van der Waals surface area contributed by atoms with Crippen LogP contribution in [0.2, 0.25) is 0 Å². The Morgan fingerprint density at radius 1 is 0.971 bits per heavy atom. The zero-order valence-electron chi connectivity index (χ0n) is 18.7. The molecule has 0 atom stereocenters. The summed E-state index contributed by atoms with van der Waals surface area (Å²) in [6.07, 6.45) is 4.47. The number of benzene rings is 3. The van der Waals surface area contributed by atoms with Gasteiger partial charge in [-0.2, -0.15) is 5.10 Å². The Balaban J connectivity index is 1.66. The van der Waals surface area contributed by atoms with Crippen molar-refractivity contribution in [3.63, 3.8) is 0 Å². The molecule has 3 aromatic carbocycles. The van der Waals surface area contributed by atoms with Gasteiger partial charge >= 0.3 is 5.97 Å². The van der Waals surface area contributed by atoms with Crippen LogP contribution in [0.4, 0.5) is 0 Å². The number of para-hydroxylation sites is 2. The molecule has 6 heteroatoms. The smallest absolute Gasteiger partial charge is 0.303 e. The number of aromatic nitrogens is 3. The Labute approximate surface area is 201 Å². The second-order valence-electron chi connectivity index (χ2n) is 8.13. The molecule has 5 nitrogen and oxygen atoms in total. The number of hydrogen-bond acceptors (Lipinski definition) is 4. The summed E-state index contributed by atoms with van der Waals surface area (Å²) >= 11 is 1.58. The fraction of sp³-hybridized carbons (Fsp3) is 0.107. The van der Waals surface area contributed by atoms with Gasteiger partial charge in [0.1, 0.15) is 5.01 Å². The van der Waals surface area contributed by atoms with Crippen LogP contribution in [0, 0.1) is 6.92 Å². The van der Waals surface area contributed by atoms with E-state index >= 15 is 0 Å². The van der Waals surface area contributed by atoms with E-state index in [2.05, 4.69) is 31.2 Å². The molecule has 0 saturated carbocycles. The highest BCUT2D eigenvalue weighted by Crippen LogP contribution is 2.33. The zero-order valence-corrected chi connectivity index (χ0v) is 19.5. The monoisotopic (exact) mass is 465 g/mol. The molecule has 0 saturated heterocycles. The molecule has 0 fully saturated rings. The van der Waals surface area contributed by atoms with E-state index in [-0.39, 0.29) is 6.42 Å². The predicted molar refractivity (Wildman–Crippen MR) is 138 cm³/mol. The number of rotatable bonds is 7. The first-order valence-electron chi connectivity index (χ1n) is 11.1. The van der Waals surface area contributed by atoms with E-state index in [1.54, 1.807) is 11.3 Å². The van der Waals surface area contributed by atoms with Gasteiger partial charge in [0.25, 0.3) is 0 Å². The van der Waals surface area contributed by atoms with Crippen LogP contribution in [0.1, 0.15) is 29.0 Å². The summed E-state index contributed by atoms with van der Waals surface area (Å²) in [5, 5.41) is 15.1. The van der Waals surface area contributed by atoms with E-state index in [0.717, 1.165) is 43.3 Å². The van der Waals surface area contributed by atoms with E-state index in [0.29, 0.717) is 6.42 Å². The molecule has 2 aromatic heterocycles. The number of carboxylic acid groups (broad SMARTS) is 1. The van der Waals surface area contributed by atoms with Gasteiger partial charge in [-0.05, 0) is 49.3 Å². The number of fused-ring (bicyclic) bond motifs is 1. The third-order valence-electron chi connectivity index (χ3n) is 5.59. The van der Waals surface area contributed by atoms with Gasteiger partial charge < -0.3 is 5.11 Å². The van der Waals surface area contributed by atoms with Gasteiger partial charge in [0.15, 0.2) is 0 Å². The molecule has 0 aliphatic carbocycles. The van der Waals surface area contributed by atoms with Crippen molar-refractivity contribution in [2.75, 3.05) is 0 Å². The maximum absolute atomic E-state index is 11.4. The first kappa shape index (κ1) is 21.8. The first-order valence-corrected chi connectivity index (χ1v) is 11.9. The molecular formula is C28H23N3O2S. The Morgan fingerprint density at radius 2 is 1.71 bits per heavy atom. The van der Waals surface area contributed by atoms with Crippen molar-refractivity contribution in [1.82, 2.24) is 14.8 Å². The fourth-order valence-corrected chi connectivity index (χ4v) is 4.83. The van der Waals surface area contributed by atoms with Crippen LogP contribution in [0.25, 0.3) is 38.8 Å². The molecule has 5 aromatic rings. The van der Waals surface area contributed by atoms with E-state index in [1.165, 1.54) is 5.56 Å². The van der Waals surface area contributed by atoms with Crippen LogP contribution in [-0.2, 0) is 4.79 Å². The second kappa shape index (κ2) is 9.45. The quantitative estimate of drug-likeness (QED) is 0.285. The normalized spacial score (nSPS) is 11.7. The summed E-state index contributed by atoms with van der Waals surface area (Å²) in [6.45, 7) is 2.06. The molecule has 0 amide bonds. The summed E-state index contributed by atoms with van der Waals surface area (Å²) in [5.74, 6) is -0.828. The lowest BCUT2D eigenvalue weighted by Crippen LogP contribution is -1.95.